The van der Waals surface area contributed by atoms with E-state index >= 15 is 0 Å². The molecule has 0 atom stereocenters. The maximum atomic E-state index is 13.0. The predicted molar refractivity (Wildman–Crippen MR) is 104 cm³/mol. The quantitative estimate of drug-likeness (QED) is 0.404. The van der Waals surface area contributed by atoms with Crippen molar-refractivity contribution in [3.8, 4) is 11.6 Å². The maximum absolute atomic E-state index is 13.0. The number of para-hydroxylation sites is 1. The van der Waals surface area contributed by atoms with Crippen molar-refractivity contribution in [2.75, 3.05) is 0 Å². The zero-order valence-corrected chi connectivity index (χ0v) is 15.3. The number of ketones is 1. The molecular weight excluding hydrogens is 386 g/mol. The molecule has 0 aliphatic rings. The lowest BCUT2D eigenvalue weighted by molar-refractivity contribution is 0.0999. The van der Waals surface area contributed by atoms with Crippen molar-refractivity contribution in [3.05, 3.63) is 75.1 Å². The zero-order chi connectivity index (χ0) is 19.1. The summed E-state index contributed by atoms with van der Waals surface area (Å²) in [6.45, 7) is 0. The molecule has 4 aromatic rings. The molecule has 0 unspecified atom stereocenters. The summed E-state index contributed by atoms with van der Waals surface area (Å²) in [5, 5.41) is 12.9. The monoisotopic (exact) mass is 397 g/mol. The zero-order valence-electron chi connectivity index (χ0n) is 13.7. The molecule has 0 fully saturated rings. The molecule has 1 aromatic carbocycles. The topological polar surface area (TPSA) is 98.2 Å². The number of pyridine rings is 1. The van der Waals surface area contributed by atoms with Crippen molar-refractivity contribution in [2.24, 2.45) is 5.73 Å². The number of primary amides is 1. The molecule has 3 aromatic heterocycles. The number of nitrogens with zero attached hydrogens (tertiary/aromatic N) is 2. The van der Waals surface area contributed by atoms with Crippen molar-refractivity contribution in [3.63, 3.8) is 0 Å². The Morgan fingerprint density at radius 2 is 1.89 bits per heavy atom. The minimum absolute atomic E-state index is 0.0224. The second-order valence-electron chi connectivity index (χ2n) is 5.72. The average Bonchev–Trinajstić information content (AvgIpc) is 3.27. The minimum Gasteiger partial charge on any atom is -0.494 e. The lowest BCUT2D eigenvalue weighted by atomic mass is 10.1. The third-order valence-electron chi connectivity index (χ3n) is 4.14. The second-order valence-corrected chi connectivity index (χ2v) is 7.06. The Balaban J connectivity index is 2.08. The van der Waals surface area contributed by atoms with E-state index in [-0.39, 0.29) is 33.5 Å². The smallest absolute Gasteiger partial charge is 0.250 e. The molecule has 6 nitrogen and oxygen atoms in total. The highest BCUT2D eigenvalue weighted by Crippen LogP contribution is 2.37. The molecule has 0 saturated heterocycles. The van der Waals surface area contributed by atoms with Gasteiger partial charge in [0.15, 0.2) is 0 Å². The number of benzene rings is 1. The van der Waals surface area contributed by atoms with E-state index in [1.807, 2.05) is 0 Å². The summed E-state index contributed by atoms with van der Waals surface area (Å²) in [6, 6.07) is 13.1. The van der Waals surface area contributed by atoms with Crippen molar-refractivity contribution >= 4 is 45.7 Å². The minimum atomic E-state index is -0.653. The van der Waals surface area contributed by atoms with Gasteiger partial charge in [-0.05, 0) is 35.7 Å². The van der Waals surface area contributed by atoms with Gasteiger partial charge in [-0.3, -0.25) is 14.2 Å². The van der Waals surface area contributed by atoms with Crippen LogP contribution in [-0.4, -0.2) is 26.3 Å². The number of hydrogen-bond acceptors (Lipinski definition) is 5. The normalized spacial score (nSPS) is 11.0. The van der Waals surface area contributed by atoms with Crippen LogP contribution in [0.4, 0.5) is 0 Å². The Morgan fingerprint density at radius 3 is 2.59 bits per heavy atom. The van der Waals surface area contributed by atoms with E-state index in [4.69, 9.17) is 17.3 Å². The van der Waals surface area contributed by atoms with Crippen molar-refractivity contribution in [2.45, 2.75) is 0 Å². The van der Waals surface area contributed by atoms with Crippen LogP contribution >= 0.6 is 22.9 Å². The van der Waals surface area contributed by atoms with E-state index in [1.165, 1.54) is 15.9 Å². The third-order valence-corrected chi connectivity index (χ3v) is 5.21. The molecule has 3 N–H and O–H groups in total. The number of hydrogen-bond donors (Lipinski definition) is 2. The summed E-state index contributed by atoms with van der Waals surface area (Å²) in [5.74, 6) is -1.36. The molecular formula is C19H12ClN3O3S. The highest BCUT2D eigenvalue weighted by Gasteiger charge is 2.27. The molecule has 0 saturated carbocycles. The second kappa shape index (κ2) is 6.53. The number of carbonyl (C=O) groups excluding carboxylic acids is 2. The van der Waals surface area contributed by atoms with Crippen LogP contribution < -0.4 is 5.73 Å². The Hall–Kier alpha value is -3.16. The number of fused-ring (bicyclic) bond motifs is 1. The molecule has 0 spiro atoms. The van der Waals surface area contributed by atoms with Gasteiger partial charge in [0.1, 0.15) is 16.2 Å². The fraction of sp³-hybridized carbons (Fsp3) is 0. The first-order chi connectivity index (χ1) is 13.0. The summed E-state index contributed by atoms with van der Waals surface area (Å²) >= 11 is 7.28. The number of thiophene rings is 1. The number of aromatic hydroxyl groups is 1. The Bertz CT molecular complexity index is 1200. The van der Waals surface area contributed by atoms with Crippen LogP contribution in [0.15, 0.2) is 53.9 Å². The highest BCUT2D eigenvalue weighted by molar-refractivity contribution is 7.12. The van der Waals surface area contributed by atoms with Crippen LogP contribution in [0, 0.1) is 0 Å². The Morgan fingerprint density at radius 1 is 1.11 bits per heavy atom. The van der Waals surface area contributed by atoms with Gasteiger partial charge in [-0.15, -0.1) is 11.3 Å². The number of halogens is 1. The van der Waals surface area contributed by atoms with Crippen molar-refractivity contribution in [1.29, 1.82) is 0 Å². The first-order valence-electron chi connectivity index (χ1n) is 7.86. The van der Waals surface area contributed by atoms with Crippen LogP contribution in [0.5, 0.6) is 5.88 Å². The lowest BCUT2D eigenvalue weighted by Gasteiger charge is -2.10. The van der Waals surface area contributed by atoms with E-state index in [2.05, 4.69) is 4.98 Å². The van der Waals surface area contributed by atoms with Crippen LogP contribution in [0.3, 0.4) is 0 Å². The van der Waals surface area contributed by atoms with E-state index < -0.39 is 5.91 Å². The van der Waals surface area contributed by atoms with Crippen LogP contribution in [0.25, 0.3) is 16.7 Å². The SMILES string of the molecule is NC(=O)c1ccccc1-n1c(O)c(C(=O)c2cccs2)c2nc(Cl)ccc21. The fourth-order valence-electron chi connectivity index (χ4n) is 2.99. The number of amides is 1. The first kappa shape index (κ1) is 17.3. The highest BCUT2D eigenvalue weighted by atomic mass is 35.5. The molecule has 8 heteroatoms. The van der Waals surface area contributed by atoms with Gasteiger partial charge in [0.2, 0.25) is 11.7 Å². The van der Waals surface area contributed by atoms with Gasteiger partial charge < -0.3 is 10.8 Å². The standard InChI is InChI=1S/C19H12ClN3O3S/c20-14-8-7-12-16(22-14)15(17(24)13-6-3-9-27-13)19(26)23(12)11-5-2-1-4-10(11)18(21)25/h1-9,26H,(H2,21,25). The molecule has 0 radical (unpaired) electrons. The van der Waals surface area contributed by atoms with Gasteiger partial charge in [-0.2, -0.15) is 0 Å². The van der Waals surface area contributed by atoms with Gasteiger partial charge in [-0.25, -0.2) is 4.98 Å². The van der Waals surface area contributed by atoms with Gasteiger partial charge in [0, 0.05) is 0 Å². The molecule has 1 amide bonds. The third kappa shape index (κ3) is 2.77. The van der Waals surface area contributed by atoms with Gasteiger partial charge in [-0.1, -0.05) is 29.8 Å². The number of nitrogens with two attached hydrogens (primary N) is 1. The summed E-state index contributed by atoms with van der Waals surface area (Å²) < 4.78 is 1.39. The summed E-state index contributed by atoms with van der Waals surface area (Å²) in [6.07, 6.45) is 0. The number of rotatable bonds is 4. The molecule has 0 aliphatic heterocycles. The summed E-state index contributed by atoms with van der Waals surface area (Å²) in [7, 11) is 0. The number of carbonyl (C=O) groups is 2. The molecule has 3 heterocycles. The fourth-order valence-corrected chi connectivity index (χ4v) is 3.80. The molecule has 4 rings (SSSR count). The molecule has 27 heavy (non-hydrogen) atoms. The lowest BCUT2D eigenvalue weighted by Crippen LogP contribution is -2.14. The largest absolute Gasteiger partial charge is 0.494 e. The van der Waals surface area contributed by atoms with Crippen molar-refractivity contribution < 1.29 is 14.7 Å². The van der Waals surface area contributed by atoms with Crippen LogP contribution in [-0.2, 0) is 0 Å². The Labute approximate surface area is 162 Å². The molecule has 134 valence electrons. The maximum Gasteiger partial charge on any atom is 0.250 e. The van der Waals surface area contributed by atoms with E-state index in [0.29, 0.717) is 16.1 Å². The van der Waals surface area contributed by atoms with Crippen LogP contribution in [0.2, 0.25) is 5.15 Å². The van der Waals surface area contributed by atoms with E-state index in [0.717, 1.165) is 0 Å². The van der Waals surface area contributed by atoms with Crippen LogP contribution in [0.1, 0.15) is 25.6 Å². The number of aromatic nitrogens is 2. The molecule has 0 bridgehead atoms. The van der Waals surface area contributed by atoms with Gasteiger partial charge in [0.25, 0.3) is 5.91 Å². The summed E-state index contributed by atoms with van der Waals surface area (Å²) in [4.78, 5) is 29.5. The first-order valence-corrected chi connectivity index (χ1v) is 9.12. The van der Waals surface area contributed by atoms with Gasteiger partial charge in [0.05, 0.1) is 21.6 Å². The Kier molecular flexibility index (Phi) is 4.18. The summed E-state index contributed by atoms with van der Waals surface area (Å²) in [5.41, 5.74) is 6.74. The molecule has 0 aliphatic carbocycles. The van der Waals surface area contributed by atoms with Gasteiger partial charge >= 0.3 is 0 Å². The predicted octanol–water partition coefficient (Wildman–Crippen LogP) is 3.78. The van der Waals surface area contributed by atoms with E-state index in [9.17, 15) is 14.7 Å². The van der Waals surface area contributed by atoms with E-state index in [1.54, 1.807) is 53.9 Å². The van der Waals surface area contributed by atoms with Crippen molar-refractivity contribution in [1.82, 2.24) is 9.55 Å². The average molecular weight is 398 g/mol.